The second-order valence-corrected chi connectivity index (χ2v) is 16.1. The summed E-state index contributed by atoms with van der Waals surface area (Å²) in [7, 11) is -3.35. The minimum atomic E-state index is -3.35. The zero-order chi connectivity index (χ0) is 26.5. The molecule has 2 aromatic carbocycles. The maximum Gasteiger partial charge on any atom is 0.264 e. The van der Waals surface area contributed by atoms with Crippen LogP contribution in [0.5, 0.6) is 0 Å². The van der Waals surface area contributed by atoms with Crippen molar-refractivity contribution in [2.24, 2.45) is 5.92 Å². The molecule has 2 fully saturated rings. The number of fused-ring (bicyclic) bond motifs is 2. The van der Waals surface area contributed by atoms with E-state index in [4.69, 9.17) is 4.74 Å². The van der Waals surface area contributed by atoms with Gasteiger partial charge in [-0.2, -0.15) is 0 Å². The van der Waals surface area contributed by atoms with Gasteiger partial charge >= 0.3 is 0 Å². The van der Waals surface area contributed by atoms with E-state index in [0.29, 0.717) is 13.1 Å². The molecule has 2 saturated heterocycles. The first kappa shape index (κ1) is 26.8. The molecule has 0 radical (unpaired) electrons. The fourth-order valence-electron chi connectivity index (χ4n) is 6.79. The Labute approximate surface area is 232 Å². The maximum atomic E-state index is 16.0. The summed E-state index contributed by atoms with van der Waals surface area (Å²) >= 11 is 2.23. The van der Waals surface area contributed by atoms with Crippen LogP contribution in [-0.4, -0.2) is 55.5 Å². The number of amides is 2. The molecule has 1 N–H and O–H groups in total. The molecule has 0 aromatic heterocycles. The van der Waals surface area contributed by atoms with Gasteiger partial charge in [0.05, 0.1) is 37.4 Å². The molecular weight excluding hydrogens is 602 g/mol. The van der Waals surface area contributed by atoms with E-state index in [0.717, 1.165) is 33.2 Å². The molecule has 2 aromatic rings. The second-order valence-electron chi connectivity index (χ2n) is 11.1. The molecular formula is C28H34FIN2O4Si. The summed E-state index contributed by atoms with van der Waals surface area (Å²) in [5.41, 5.74) is 0.678. The van der Waals surface area contributed by atoms with Crippen LogP contribution in [0.25, 0.3) is 0 Å². The van der Waals surface area contributed by atoms with Gasteiger partial charge in [-0.25, -0.2) is 0 Å². The highest BCUT2D eigenvalue weighted by atomic mass is 127. The van der Waals surface area contributed by atoms with Gasteiger partial charge in [0.1, 0.15) is 0 Å². The first-order valence-corrected chi connectivity index (χ1v) is 17.0. The molecule has 0 saturated carbocycles. The Hall–Kier alpha value is -1.82. The Morgan fingerprint density at radius 2 is 1.97 bits per heavy atom. The largest absolute Gasteiger partial charge is 0.394 e. The molecule has 3 aliphatic heterocycles. The van der Waals surface area contributed by atoms with E-state index in [1.165, 1.54) is 0 Å². The molecule has 0 bridgehead atoms. The third-order valence-corrected chi connectivity index (χ3v) is 11.5. The van der Waals surface area contributed by atoms with Crippen LogP contribution in [0.3, 0.4) is 0 Å². The number of carbonyl (C=O) groups excluding carboxylic acids is 2. The average Bonchev–Trinajstić information content (AvgIpc) is 3.50. The lowest BCUT2D eigenvalue weighted by Crippen LogP contribution is -2.45. The highest BCUT2D eigenvalue weighted by Gasteiger charge is 2.67. The van der Waals surface area contributed by atoms with Gasteiger partial charge < -0.3 is 23.8 Å². The van der Waals surface area contributed by atoms with Gasteiger partial charge in [-0.1, -0.05) is 37.3 Å². The van der Waals surface area contributed by atoms with E-state index >= 15 is 4.11 Å². The van der Waals surface area contributed by atoms with Gasteiger partial charge in [-0.3, -0.25) is 9.59 Å². The van der Waals surface area contributed by atoms with Crippen LogP contribution in [0, 0.1) is 9.49 Å². The Morgan fingerprint density at radius 1 is 1.24 bits per heavy atom. The number of hydrogen-bond acceptors (Lipinski definition) is 4. The highest BCUT2D eigenvalue weighted by molar-refractivity contribution is 14.1. The Bertz CT molecular complexity index is 1190. The molecule has 37 heavy (non-hydrogen) atoms. The van der Waals surface area contributed by atoms with E-state index in [2.05, 4.69) is 22.6 Å². The summed E-state index contributed by atoms with van der Waals surface area (Å²) in [6, 6.07) is 15.5. The number of rotatable bonds is 6. The number of halogens is 2. The number of hydrogen-bond donors (Lipinski definition) is 1. The normalized spacial score (nSPS) is 29.4. The van der Waals surface area contributed by atoms with Crippen LogP contribution >= 0.6 is 22.6 Å². The van der Waals surface area contributed by atoms with Gasteiger partial charge in [0, 0.05) is 27.1 Å². The molecule has 0 unspecified atom stereocenters. The SMILES string of the molecule is C[C@H]1[C@H]([Si](C)(C)F)[C@@H](CC(=O)N2CCC[C@H]2CO)O[C@]12C(=O)N(Cc1ccccc1)c1ccc(I)cc12. The van der Waals surface area contributed by atoms with Gasteiger partial charge in [-0.05, 0) is 72.3 Å². The molecule has 9 heteroatoms. The number of ether oxygens (including phenoxy) is 1. The molecule has 1 spiro atoms. The first-order chi connectivity index (χ1) is 17.6. The van der Waals surface area contributed by atoms with E-state index in [9.17, 15) is 14.7 Å². The lowest BCUT2D eigenvalue weighted by atomic mass is 9.82. The molecule has 2 amide bonds. The molecule has 0 aliphatic carbocycles. The lowest BCUT2D eigenvalue weighted by Gasteiger charge is -2.31. The van der Waals surface area contributed by atoms with Crippen molar-refractivity contribution in [2.45, 2.75) is 69.1 Å². The Balaban J connectivity index is 1.54. The molecule has 5 atom stereocenters. The maximum absolute atomic E-state index is 16.0. The summed E-state index contributed by atoms with van der Waals surface area (Å²) in [5.74, 6) is -0.758. The van der Waals surface area contributed by atoms with Crippen LogP contribution in [0.15, 0.2) is 48.5 Å². The number of likely N-dealkylation sites (tertiary alicyclic amines) is 1. The van der Waals surface area contributed by atoms with E-state index in [-0.39, 0.29) is 30.9 Å². The molecule has 5 rings (SSSR count). The summed E-state index contributed by atoms with van der Waals surface area (Å²) < 4.78 is 23.7. The third-order valence-electron chi connectivity index (χ3n) is 8.39. The van der Waals surface area contributed by atoms with Crippen molar-refractivity contribution in [1.82, 2.24) is 4.90 Å². The van der Waals surface area contributed by atoms with E-state index in [1.54, 1.807) is 22.9 Å². The lowest BCUT2D eigenvalue weighted by molar-refractivity contribution is -0.150. The van der Waals surface area contributed by atoms with Crippen LogP contribution < -0.4 is 4.90 Å². The predicted molar refractivity (Wildman–Crippen MR) is 151 cm³/mol. The van der Waals surface area contributed by atoms with Gasteiger partial charge in [0.2, 0.25) is 14.3 Å². The minimum absolute atomic E-state index is 0.0127. The van der Waals surface area contributed by atoms with Gasteiger partial charge in [-0.15, -0.1) is 0 Å². The number of benzene rings is 2. The van der Waals surface area contributed by atoms with Gasteiger partial charge in [0.25, 0.3) is 5.91 Å². The molecule has 3 aliphatic rings. The first-order valence-electron chi connectivity index (χ1n) is 13.0. The average molecular weight is 637 g/mol. The van der Waals surface area contributed by atoms with Crippen LogP contribution in [0.2, 0.25) is 18.6 Å². The van der Waals surface area contributed by atoms with Crippen LogP contribution in [0.4, 0.5) is 9.80 Å². The van der Waals surface area contributed by atoms with Crippen LogP contribution in [0.1, 0.15) is 37.3 Å². The van der Waals surface area contributed by atoms with E-state index < -0.39 is 31.6 Å². The zero-order valence-electron chi connectivity index (χ0n) is 21.5. The Morgan fingerprint density at radius 3 is 2.65 bits per heavy atom. The monoisotopic (exact) mass is 636 g/mol. The number of aliphatic hydroxyl groups excluding tert-OH is 1. The third kappa shape index (κ3) is 4.55. The number of nitrogens with zero attached hydrogens (tertiary/aromatic N) is 2. The Kier molecular flexibility index (Phi) is 7.27. The second kappa shape index (κ2) is 10.1. The van der Waals surface area contributed by atoms with Crippen molar-refractivity contribution in [2.75, 3.05) is 18.1 Å². The number of carbonyl (C=O) groups is 2. The summed E-state index contributed by atoms with van der Waals surface area (Å²) in [4.78, 5) is 31.2. The molecule has 3 heterocycles. The zero-order valence-corrected chi connectivity index (χ0v) is 24.7. The van der Waals surface area contributed by atoms with Crippen molar-refractivity contribution < 1.29 is 23.5 Å². The number of anilines is 1. The minimum Gasteiger partial charge on any atom is -0.394 e. The van der Waals surface area contributed by atoms with Crippen molar-refractivity contribution in [3.8, 4) is 0 Å². The van der Waals surface area contributed by atoms with Gasteiger partial charge in [0.15, 0.2) is 5.60 Å². The molecule has 198 valence electrons. The quantitative estimate of drug-likeness (QED) is 0.276. The fraction of sp³-hybridized carbons (Fsp3) is 0.500. The predicted octanol–water partition coefficient (Wildman–Crippen LogP) is 4.99. The molecule has 6 nitrogen and oxygen atoms in total. The smallest absolute Gasteiger partial charge is 0.264 e. The van der Waals surface area contributed by atoms with Crippen molar-refractivity contribution in [1.29, 1.82) is 0 Å². The van der Waals surface area contributed by atoms with Crippen molar-refractivity contribution in [3.05, 3.63) is 63.2 Å². The van der Waals surface area contributed by atoms with Crippen molar-refractivity contribution in [3.63, 3.8) is 0 Å². The fourth-order valence-corrected chi connectivity index (χ4v) is 9.77. The van der Waals surface area contributed by atoms with Crippen molar-refractivity contribution >= 4 is 48.5 Å². The number of aliphatic hydroxyl groups is 1. The standard InChI is InChI=1S/C28H34FIN2O4Si/c1-18-26(37(2,3)29)24(15-25(34)31-13-7-10-21(31)17-33)36-28(18)22-14-20(30)11-12-23(22)32(27(28)35)16-19-8-5-4-6-9-19/h4-6,8-9,11-12,14,18,21,24,26,33H,7,10,13,15-17H2,1-3H3/t18-,21-,24+,26-,28+/m0/s1. The van der Waals surface area contributed by atoms with Crippen LogP contribution in [-0.2, 0) is 26.5 Å². The summed E-state index contributed by atoms with van der Waals surface area (Å²) in [6.07, 6.45) is 0.910. The topological polar surface area (TPSA) is 70.1 Å². The van der Waals surface area contributed by atoms with E-state index in [1.807, 2.05) is 55.5 Å². The summed E-state index contributed by atoms with van der Waals surface area (Å²) in [5, 5.41) is 9.73. The summed E-state index contributed by atoms with van der Waals surface area (Å²) in [6.45, 7) is 6.12. The highest BCUT2D eigenvalue weighted by Crippen LogP contribution is 2.60.